The number of hydrogen-bond donors (Lipinski definition) is 2. The first kappa shape index (κ1) is 26.7. The molecule has 0 aliphatic rings. The molecule has 4 aromatic rings. The number of esters is 1. The molecule has 0 saturated carbocycles. The van der Waals surface area contributed by atoms with Gasteiger partial charge in [-0.25, -0.2) is 9.48 Å². The molecule has 4 rings (SSSR count). The zero-order chi connectivity index (χ0) is 27.3. The number of fused-ring (bicyclic) bond motifs is 1. The molecular formula is C30H34N4O4. The minimum atomic E-state index is -0.389. The summed E-state index contributed by atoms with van der Waals surface area (Å²) in [6.45, 7) is 8.38. The number of aromatic nitrogens is 2. The fraction of sp³-hybridized carbons (Fsp3) is 0.300. The summed E-state index contributed by atoms with van der Waals surface area (Å²) >= 11 is 0. The fourth-order valence-corrected chi connectivity index (χ4v) is 4.19. The van der Waals surface area contributed by atoms with Gasteiger partial charge in [-0.05, 0) is 43.2 Å². The third kappa shape index (κ3) is 6.14. The van der Waals surface area contributed by atoms with Gasteiger partial charge < -0.3 is 14.8 Å². The van der Waals surface area contributed by atoms with Gasteiger partial charge in [0.1, 0.15) is 11.6 Å². The molecule has 1 aromatic heterocycles. The smallest absolute Gasteiger partial charge is 0.324 e. The highest BCUT2D eigenvalue weighted by molar-refractivity contribution is 6.07. The quantitative estimate of drug-likeness (QED) is 0.263. The average Bonchev–Trinajstić information content (AvgIpc) is 3.32. The second-order valence-corrected chi connectivity index (χ2v) is 9.99. The second kappa shape index (κ2) is 11.4. The molecule has 0 aliphatic carbocycles. The number of hydrogen-bond acceptors (Lipinski definition) is 5. The van der Waals surface area contributed by atoms with Gasteiger partial charge in [0, 0.05) is 28.7 Å². The number of aryl methyl sites for hydroxylation is 1. The Morgan fingerprint density at radius 3 is 2.42 bits per heavy atom. The van der Waals surface area contributed by atoms with Crippen molar-refractivity contribution in [3.63, 3.8) is 0 Å². The third-order valence-electron chi connectivity index (χ3n) is 6.15. The lowest BCUT2D eigenvalue weighted by Gasteiger charge is -2.14. The lowest BCUT2D eigenvalue weighted by molar-refractivity contribution is -0.143. The van der Waals surface area contributed by atoms with Crippen LogP contribution in [0.15, 0.2) is 66.7 Å². The predicted molar refractivity (Wildman–Crippen MR) is 150 cm³/mol. The number of ether oxygens (including phenoxy) is 2. The zero-order valence-electron chi connectivity index (χ0n) is 22.5. The standard InChI is InChI=1S/C30H34N4O4/c1-6-38-28(35)17-14-20-10-9-11-21(18-20)34-27(19-26(33-34)30(2,3)4)32-29(36)31-24-15-16-25(37-5)23-13-8-7-12-22(23)24/h7-13,15-16,18-19H,6,14,17H2,1-5H3,(H2,31,32,36). The van der Waals surface area contributed by atoms with Gasteiger partial charge in [0.2, 0.25) is 0 Å². The monoisotopic (exact) mass is 514 g/mol. The van der Waals surface area contributed by atoms with Crippen molar-refractivity contribution in [2.24, 2.45) is 0 Å². The molecule has 0 spiro atoms. The summed E-state index contributed by atoms with van der Waals surface area (Å²) in [5, 5.41) is 12.5. The van der Waals surface area contributed by atoms with Crippen LogP contribution in [0, 0.1) is 0 Å². The van der Waals surface area contributed by atoms with E-state index in [1.54, 1.807) is 18.7 Å². The van der Waals surface area contributed by atoms with Crippen LogP contribution in [0.25, 0.3) is 16.5 Å². The Kier molecular flexibility index (Phi) is 8.00. The van der Waals surface area contributed by atoms with Gasteiger partial charge in [-0.15, -0.1) is 0 Å². The van der Waals surface area contributed by atoms with Crippen LogP contribution in [0.5, 0.6) is 5.75 Å². The minimum Gasteiger partial charge on any atom is -0.496 e. The van der Waals surface area contributed by atoms with Crippen LogP contribution in [0.2, 0.25) is 0 Å². The van der Waals surface area contributed by atoms with Gasteiger partial charge in [0.05, 0.1) is 30.8 Å². The van der Waals surface area contributed by atoms with Gasteiger partial charge in [0.15, 0.2) is 0 Å². The maximum atomic E-state index is 13.2. The lowest BCUT2D eigenvalue weighted by atomic mass is 9.92. The van der Waals surface area contributed by atoms with Crippen molar-refractivity contribution >= 4 is 34.3 Å². The summed E-state index contributed by atoms with van der Waals surface area (Å²) < 4.78 is 12.2. The highest BCUT2D eigenvalue weighted by Crippen LogP contribution is 2.32. The molecule has 8 heteroatoms. The number of carbonyl (C=O) groups is 2. The second-order valence-electron chi connectivity index (χ2n) is 9.99. The molecule has 0 aliphatic heterocycles. The van der Waals surface area contributed by atoms with Crippen molar-refractivity contribution in [1.29, 1.82) is 0 Å². The van der Waals surface area contributed by atoms with Gasteiger partial charge in [-0.2, -0.15) is 5.10 Å². The summed E-state index contributed by atoms with van der Waals surface area (Å²) in [7, 11) is 1.63. The van der Waals surface area contributed by atoms with Crippen molar-refractivity contribution in [2.45, 2.75) is 46.0 Å². The molecule has 38 heavy (non-hydrogen) atoms. The van der Waals surface area contributed by atoms with E-state index < -0.39 is 0 Å². The number of carbonyl (C=O) groups excluding carboxylic acids is 2. The third-order valence-corrected chi connectivity index (χ3v) is 6.15. The first-order valence-corrected chi connectivity index (χ1v) is 12.7. The Bertz CT molecular complexity index is 1450. The van der Waals surface area contributed by atoms with Crippen LogP contribution >= 0.6 is 0 Å². The van der Waals surface area contributed by atoms with Gasteiger partial charge in [-0.1, -0.05) is 57.2 Å². The lowest BCUT2D eigenvalue weighted by Crippen LogP contribution is -2.21. The molecule has 2 N–H and O–H groups in total. The van der Waals surface area contributed by atoms with Gasteiger partial charge >= 0.3 is 12.0 Å². The van der Waals surface area contributed by atoms with Crippen LogP contribution in [0.3, 0.4) is 0 Å². The molecule has 3 aromatic carbocycles. The van der Waals surface area contributed by atoms with Crippen LogP contribution in [0.1, 0.15) is 45.4 Å². The molecule has 0 fully saturated rings. The van der Waals surface area contributed by atoms with Gasteiger partial charge in [-0.3, -0.25) is 10.1 Å². The summed E-state index contributed by atoms with van der Waals surface area (Å²) in [4.78, 5) is 25.0. The van der Waals surface area contributed by atoms with E-state index in [-0.39, 0.29) is 17.4 Å². The fourth-order valence-electron chi connectivity index (χ4n) is 4.19. The van der Waals surface area contributed by atoms with E-state index in [0.717, 1.165) is 33.5 Å². The van der Waals surface area contributed by atoms with Crippen LogP contribution in [-0.4, -0.2) is 35.5 Å². The highest BCUT2D eigenvalue weighted by atomic mass is 16.5. The summed E-state index contributed by atoms with van der Waals surface area (Å²) in [5.41, 5.74) is 3.03. The number of nitrogens with zero attached hydrogens (tertiary/aromatic N) is 2. The van der Waals surface area contributed by atoms with Crippen LogP contribution in [0.4, 0.5) is 16.3 Å². The summed E-state index contributed by atoms with van der Waals surface area (Å²) in [5.74, 6) is 1.05. The van der Waals surface area contributed by atoms with Crippen molar-refractivity contribution in [3.05, 3.63) is 78.0 Å². The van der Waals surface area contributed by atoms with E-state index in [2.05, 4.69) is 31.4 Å². The number of amides is 2. The number of urea groups is 1. The Morgan fingerprint density at radius 1 is 0.947 bits per heavy atom. The minimum absolute atomic E-state index is 0.225. The first-order chi connectivity index (χ1) is 18.2. The Balaban J connectivity index is 1.61. The van der Waals surface area contributed by atoms with Crippen LogP contribution < -0.4 is 15.4 Å². The maximum absolute atomic E-state index is 13.2. The zero-order valence-corrected chi connectivity index (χ0v) is 22.5. The molecule has 2 amide bonds. The number of rotatable bonds is 8. The van der Waals surface area contributed by atoms with E-state index >= 15 is 0 Å². The maximum Gasteiger partial charge on any atom is 0.324 e. The normalized spacial score (nSPS) is 11.3. The predicted octanol–water partition coefficient (Wildman–Crippen LogP) is 6.47. The first-order valence-electron chi connectivity index (χ1n) is 12.7. The van der Waals surface area contributed by atoms with Crippen molar-refractivity contribution in [1.82, 2.24) is 9.78 Å². The van der Waals surface area contributed by atoms with E-state index in [9.17, 15) is 9.59 Å². The van der Waals surface area contributed by atoms with Crippen molar-refractivity contribution in [2.75, 3.05) is 24.4 Å². The topological polar surface area (TPSA) is 94.5 Å². The SMILES string of the molecule is CCOC(=O)CCc1cccc(-n2nc(C(C)(C)C)cc2NC(=O)Nc2ccc(OC)c3ccccc23)c1. The molecule has 0 radical (unpaired) electrons. The molecule has 0 unspecified atom stereocenters. The number of methoxy groups -OCH3 is 1. The summed E-state index contributed by atoms with van der Waals surface area (Å²) in [6, 6.07) is 20.7. The van der Waals surface area contributed by atoms with E-state index in [4.69, 9.17) is 14.6 Å². The Labute approximate surface area is 222 Å². The van der Waals surface area contributed by atoms with E-state index in [1.165, 1.54) is 0 Å². The van der Waals surface area contributed by atoms with E-state index in [1.807, 2.05) is 66.7 Å². The summed E-state index contributed by atoms with van der Waals surface area (Å²) in [6.07, 6.45) is 0.848. The Morgan fingerprint density at radius 2 is 1.71 bits per heavy atom. The molecule has 0 bridgehead atoms. The number of benzene rings is 3. The average molecular weight is 515 g/mol. The molecule has 198 valence electrons. The Hall–Kier alpha value is -4.33. The largest absolute Gasteiger partial charge is 0.496 e. The number of anilines is 2. The van der Waals surface area contributed by atoms with Crippen molar-refractivity contribution in [3.8, 4) is 11.4 Å². The molecule has 0 atom stereocenters. The van der Waals surface area contributed by atoms with Crippen molar-refractivity contribution < 1.29 is 19.1 Å². The van der Waals surface area contributed by atoms with Crippen LogP contribution in [-0.2, 0) is 21.4 Å². The molecular weight excluding hydrogens is 480 g/mol. The highest BCUT2D eigenvalue weighted by Gasteiger charge is 2.22. The molecule has 0 saturated heterocycles. The van der Waals surface area contributed by atoms with Gasteiger partial charge in [0.25, 0.3) is 0 Å². The number of nitrogens with one attached hydrogen (secondary N) is 2. The molecule has 1 heterocycles. The van der Waals surface area contributed by atoms with E-state index in [0.29, 0.717) is 31.0 Å². The molecule has 8 nitrogen and oxygen atoms in total.